The van der Waals surface area contributed by atoms with Crippen molar-refractivity contribution in [1.29, 1.82) is 0 Å². The molecule has 1 saturated heterocycles. The van der Waals surface area contributed by atoms with Crippen molar-refractivity contribution >= 4 is 0 Å². The van der Waals surface area contributed by atoms with E-state index in [0.717, 1.165) is 12.5 Å². The Kier molecular flexibility index (Phi) is 7.87. The highest BCUT2D eigenvalue weighted by Gasteiger charge is 2.19. The molecular weight excluding hydrogens is 224 g/mol. The quantitative estimate of drug-likeness (QED) is 0.708. The van der Waals surface area contributed by atoms with E-state index in [0.29, 0.717) is 12.1 Å². The number of rotatable bonds is 7. The van der Waals surface area contributed by atoms with Gasteiger partial charge < -0.3 is 15.0 Å². The van der Waals surface area contributed by atoms with E-state index in [4.69, 9.17) is 4.74 Å². The minimum absolute atomic E-state index is 0.373. The molecule has 0 aromatic carbocycles. The third-order valence-electron chi connectivity index (χ3n) is 3.64. The Morgan fingerprint density at radius 2 is 2.00 bits per heavy atom. The summed E-state index contributed by atoms with van der Waals surface area (Å²) in [6, 6.07) is 0.666. The Bertz CT molecular complexity index is 207. The largest absolute Gasteiger partial charge is 0.379 e. The lowest BCUT2D eigenvalue weighted by Gasteiger charge is -2.26. The van der Waals surface area contributed by atoms with E-state index < -0.39 is 0 Å². The topological polar surface area (TPSA) is 24.5 Å². The number of nitrogens with zero attached hydrogens (tertiary/aromatic N) is 1. The predicted molar refractivity (Wildman–Crippen MR) is 78.0 cm³/mol. The van der Waals surface area contributed by atoms with Crippen LogP contribution in [-0.2, 0) is 4.74 Å². The van der Waals surface area contributed by atoms with Gasteiger partial charge in [-0.2, -0.15) is 0 Å². The third-order valence-corrected chi connectivity index (χ3v) is 3.64. The van der Waals surface area contributed by atoms with Gasteiger partial charge in [0.1, 0.15) is 0 Å². The lowest BCUT2D eigenvalue weighted by Crippen LogP contribution is -2.41. The van der Waals surface area contributed by atoms with Crippen LogP contribution in [0.4, 0.5) is 0 Å². The van der Waals surface area contributed by atoms with Crippen LogP contribution in [-0.4, -0.2) is 49.8 Å². The Morgan fingerprint density at radius 3 is 2.67 bits per heavy atom. The first kappa shape index (κ1) is 15.9. The maximum Gasteiger partial charge on any atom is 0.0518 e. The minimum atomic E-state index is 0.373. The summed E-state index contributed by atoms with van der Waals surface area (Å²) in [5.74, 6) is 0.731. The molecule has 1 N–H and O–H groups in total. The third kappa shape index (κ3) is 6.72. The van der Waals surface area contributed by atoms with Gasteiger partial charge in [0, 0.05) is 19.2 Å². The summed E-state index contributed by atoms with van der Waals surface area (Å²) < 4.78 is 5.58. The number of nitrogens with one attached hydrogen (secondary N) is 1. The molecule has 0 aromatic heterocycles. The molecular formula is C15H32N2O. The zero-order valence-corrected chi connectivity index (χ0v) is 12.7. The van der Waals surface area contributed by atoms with Crippen LogP contribution in [0.1, 0.15) is 47.0 Å². The van der Waals surface area contributed by atoms with Crippen LogP contribution in [0, 0.1) is 5.92 Å². The van der Waals surface area contributed by atoms with Crippen molar-refractivity contribution in [2.75, 3.05) is 32.8 Å². The SMILES string of the molecule is CC(C)OCCCCN1CCCNC(C(C)C)C1. The van der Waals surface area contributed by atoms with E-state index >= 15 is 0 Å². The van der Waals surface area contributed by atoms with Gasteiger partial charge in [-0.25, -0.2) is 0 Å². The Morgan fingerprint density at radius 1 is 1.22 bits per heavy atom. The maximum absolute atomic E-state index is 5.58. The molecule has 1 rings (SSSR count). The lowest BCUT2D eigenvalue weighted by atomic mass is 10.0. The number of ether oxygens (including phenoxy) is 1. The van der Waals surface area contributed by atoms with E-state index in [-0.39, 0.29) is 0 Å². The molecule has 1 heterocycles. The van der Waals surface area contributed by atoms with Gasteiger partial charge in [0.25, 0.3) is 0 Å². The van der Waals surface area contributed by atoms with Gasteiger partial charge in [0.2, 0.25) is 0 Å². The van der Waals surface area contributed by atoms with Crippen LogP contribution in [0.3, 0.4) is 0 Å². The maximum atomic E-state index is 5.58. The average molecular weight is 256 g/mol. The van der Waals surface area contributed by atoms with Gasteiger partial charge >= 0.3 is 0 Å². The molecule has 1 aliphatic heterocycles. The monoisotopic (exact) mass is 256 g/mol. The number of hydrogen-bond donors (Lipinski definition) is 1. The van der Waals surface area contributed by atoms with Crippen LogP contribution < -0.4 is 5.32 Å². The van der Waals surface area contributed by atoms with Crippen molar-refractivity contribution < 1.29 is 4.74 Å². The molecule has 0 saturated carbocycles. The van der Waals surface area contributed by atoms with Crippen molar-refractivity contribution in [3.63, 3.8) is 0 Å². The molecule has 0 bridgehead atoms. The lowest BCUT2D eigenvalue weighted by molar-refractivity contribution is 0.0740. The fraction of sp³-hybridized carbons (Fsp3) is 1.00. The van der Waals surface area contributed by atoms with E-state index in [1.54, 1.807) is 0 Å². The summed E-state index contributed by atoms with van der Waals surface area (Å²) in [6.07, 6.45) is 4.11. The van der Waals surface area contributed by atoms with Gasteiger partial charge in [-0.15, -0.1) is 0 Å². The zero-order chi connectivity index (χ0) is 13.4. The zero-order valence-electron chi connectivity index (χ0n) is 12.7. The molecule has 0 spiro atoms. The van der Waals surface area contributed by atoms with Crippen LogP contribution in [0.5, 0.6) is 0 Å². The molecule has 0 radical (unpaired) electrons. The fourth-order valence-corrected chi connectivity index (χ4v) is 2.43. The average Bonchev–Trinajstić information content (AvgIpc) is 2.53. The normalized spacial score (nSPS) is 22.7. The summed E-state index contributed by atoms with van der Waals surface area (Å²) in [7, 11) is 0. The standard InChI is InChI=1S/C15H32N2O/c1-13(2)15-12-17(10-7-8-16-15)9-5-6-11-18-14(3)4/h13-16H,5-12H2,1-4H3. The first-order valence-corrected chi connectivity index (χ1v) is 7.67. The predicted octanol–water partition coefficient (Wildman–Crippen LogP) is 2.51. The van der Waals surface area contributed by atoms with Crippen molar-refractivity contribution in [1.82, 2.24) is 10.2 Å². The smallest absolute Gasteiger partial charge is 0.0518 e. The van der Waals surface area contributed by atoms with Crippen molar-refractivity contribution in [2.45, 2.75) is 59.1 Å². The summed E-state index contributed by atoms with van der Waals surface area (Å²) in [4.78, 5) is 2.63. The summed E-state index contributed by atoms with van der Waals surface area (Å²) in [5.41, 5.74) is 0. The second kappa shape index (κ2) is 8.89. The van der Waals surface area contributed by atoms with Gasteiger partial charge in [-0.05, 0) is 58.7 Å². The minimum Gasteiger partial charge on any atom is -0.379 e. The highest BCUT2D eigenvalue weighted by molar-refractivity contribution is 4.78. The molecule has 18 heavy (non-hydrogen) atoms. The van der Waals surface area contributed by atoms with Crippen LogP contribution in [0.2, 0.25) is 0 Å². The summed E-state index contributed by atoms with van der Waals surface area (Å²) in [5, 5.41) is 3.66. The Labute approximate surface area is 113 Å². The molecule has 108 valence electrons. The summed E-state index contributed by atoms with van der Waals surface area (Å²) >= 11 is 0. The van der Waals surface area contributed by atoms with Gasteiger partial charge in [-0.1, -0.05) is 13.8 Å². The Balaban J connectivity index is 2.15. The Hall–Kier alpha value is -0.120. The van der Waals surface area contributed by atoms with Crippen LogP contribution >= 0.6 is 0 Å². The van der Waals surface area contributed by atoms with Crippen LogP contribution in [0.15, 0.2) is 0 Å². The molecule has 3 nitrogen and oxygen atoms in total. The van der Waals surface area contributed by atoms with E-state index in [1.165, 1.54) is 45.4 Å². The molecule has 0 aliphatic carbocycles. The first-order valence-electron chi connectivity index (χ1n) is 7.67. The van der Waals surface area contributed by atoms with Gasteiger partial charge in [-0.3, -0.25) is 0 Å². The van der Waals surface area contributed by atoms with E-state index in [2.05, 4.69) is 37.9 Å². The van der Waals surface area contributed by atoms with E-state index in [9.17, 15) is 0 Å². The van der Waals surface area contributed by atoms with Crippen molar-refractivity contribution in [3.05, 3.63) is 0 Å². The first-order chi connectivity index (χ1) is 8.59. The van der Waals surface area contributed by atoms with E-state index in [1.807, 2.05) is 0 Å². The van der Waals surface area contributed by atoms with Crippen molar-refractivity contribution in [2.24, 2.45) is 5.92 Å². The van der Waals surface area contributed by atoms with Gasteiger partial charge in [0.05, 0.1) is 6.10 Å². The molecule has 1 aliphatic rings. The number of unbranched alkanes of at least 4 members (excludes halogenated alkanes) is 1. The molecule has 1 unspecified atom stereocenters. The van der Waals surface area contributed by atoms with Crippen molar-refractivity contribution in [3.8, 4) is 0 Å². The second-order valence-electron chi connectivity index (χ2n) is 6.09. The molecule has 1 fully saturated rings. The second-order valence-corrected chi connectivity index (χ2v) is 6.09. The number of hydrogen-bond acceptors (Lipinski definition) is 3. The molecule has 0 amide bonds. The summed E-state index contributed by atoms with van der Waals surface area (Å²) in [6.45, 7) is 14.6. The van der Waals surface area contributed by atoms with Crippen LogP contribution in [0.25, 0.3) is 0 Å². The fourth-order valence-electron chi connectivity index (χ4n) is 2.43. The highest BCUT2D eigenvalue weighted by Crippen LogP contribution is 2.09. The highest BCUT2D eigenvalue weighted by atomic mass is 16.5. The molecule has 0 aromatic rings. The molecule has 1 atom stereocenters. The van der Waals surface area contributed by atoms with Gasteiger partial charge in [0.15, 0.2) is 0 Å². The molecule has 3 heteroatoms.